The van der Waals surface area contributed by atoms with Crippen LogP contribution in [0.5, 0.6) is 0 Å². The number of hydrogen-bond donors (Lipinski definition) is 0. The molecule has 0 N–H and O–H groups in total. The molecule has 0 saturated carbocycles. The Hall–Kier alpha value is -6.12. The van der Waals surface area contributed by atoms with E-state index in [1.54, 1.807) is 0 Å². The molecule has 0 heterocycles. The summed E-state index contributed by atoms with van der Waals surface area (Å²) in [5, 5.41) is 2.43. The predicted molar refractivity (Wildman–Crippen MR) is 214 cm³/mol. The van der Waals surface area contributed by atoms with Crippen LogP contribution in [0.3, 0.4) is 0 Å². The van der Waals surface area contributed by atoms with Crippen molar-refractivity contribution < 1.29 is 0 Å². The van der Waals surface area contributed by atoms with E-state index in [0.29, 0.717) is 0 Å². The highest BCUT2D eigenvalue weighted by Gasteiger charge is 2.16. The number of rotatable bonds is 12. The van der Waals surface area contributed by atoms with Crippen LogP contribution in [0.2, 0.25) is 0 Å². The zero-order valence-electron chi connectivity index (χ0n) is 28.3. The summed E-state index contributed by atoms with van der Waals surface area (Å²) < 4.78 is 0. The highest BCUT2D eigenvalue weighted by atomic mass is 15.1. The Labute approximate surface area is 291 Å². The van der Waals surface area contributed by atoms with Crippen molar-refractivity contribution in [1.82, 2.24) is 0 Å². The van der Waals surface area contributed by atoms with Gasteiger partial charge in [-0.25, -0.2) is 0 Å². The normalized spacial score (nSPS) is 11.7. The van der Waals surface area contributed by atoms with E-state index >= 15 is 0 Å². The number of hydrogen-bond acceptors (Lipinski definition) is 2. The van der Waals surface area contributed by atoms with Crippen molar-refractivity contribution in [3.05, 3.63) is 212 Å². The first-order valence-electron chi connectivity index (χ1n) is 16.8. The Balaban J connectivity index is 1.32. The van der Waals surface area contributed by atoms with Gasteiger partial charge >= 0.3 is 0 Å². The van der Waals surface area contributed by atoms with Crippen LogP contribution in [0, 0.1) is 6.92 Å². The van der Waals surface area contributed by atoms with Crippen LogP contribution < -0.4 is 9.80 Å². The maximum absolute atomic E-state index is 3.82. The van der Waals surface area contributed by atoms with Gasteiger partial charge in [0.05, 0.1) is 5.69 Å². The van der Waals surface area contributed by atoms with Crippen molar-refractivity contribution in [2.75, 3.05) is 9.80 Å². The third-order valence-corrected chi connectivity index (χ3v) is 8.67. The molecule has 240 valence electrons. The molecule has 0 aliphatic rings. The number of allylic oxidation sites excluding steroid dienone is 8. The summed E-state index contributed by atoms with van der Waals surface area (Å²) in [6.07, 6.45) is 19.2. The minimum Gasteiger partial charge on any atom is -0.317 e. The molecule has 0 spiro atoms. The lowest BCUT2D eigenvalue weighted by molar-refractivity contribution is 1.17. The van der Waals surface area contributed by atoms with Crippen LogP contribution in [0.1, 0.15) is 18.1 Å². The molecule has 2 nitrogen and oxygen atoms in total. The summed E-state index contributed by atoms with van der Waals surface area (Å²) in [6, 6.07) is 49.9. The molecule has 0 aromatic heterocycles. The quantitative estimate of drug-likeness (QED) is 0.124. The van der Waals surface area contributed by atoms with E-state index in [1.807, 2.05) is 37.3 Å². The molecule has 0 bridgehead atoms. The number of fused-ring (bicyclic) bond motifs is 1. The molecule has 0 aliphatic heterocycles. The van der Waals surface area contributed by atoms with E-state index in [2.05, 4.69) is 187 Å². The Kier molecular flexibility index (Phi) is 10.8. The van der Waals surface area contributed by atoms with Gasteiger partial charge < -0.3 is 9.80 Å². The van der Waals surface area contributed by atoms with Crippen molar-refractivity contribution >= 4 is 39.2 Å². The SMILES string of the molecule is C=C/C=C\Cc1cccc(N(c2ccccc2)c2ccc(-c3ccc(N(/C=C/C=C\C=C/C)c4cccc5ccccc45)cc3)cc2)c1C. The summed E-state index contributed by atoms with van der Waals surface area (Å²) in [5.74, 6) is 0. The van der Waals surface area contributed by atoms with Gasteiger partial charge in [0.2, 0.25) is 0 Å². The van der Waals surface area contributed by atoms with Gasteiger partial charge in [-0.1, -0.05) is 140 Å². The summed E-state index contributed by atoms with van der Waals surface area (Å²) >= 11 is 0. The Bertz CT molecular complexity index is 2110. The van der Waals surface area contributed by atoms with E-state index in [4.69, 9.17) is 0 Å². The van der Waals surface area contributed by atoms with Gasteiger partial charge in [0.1, 0.15) is 0 Å². The van der Waals surface area contributed by atoms with Crippen molar-refractivity contribution in [2.45, 2.75) is 20.3 Å². The van der Waals surface area contributed by atoms with Crippen LogP contribution in [0.15, 0.2) is 201 Å². The first-order chi connectivity index (χ1) is 24.2. The number of para-hydroxylation sites is 1. The van der Waals surface area contributed by atoms with Crippen LogP contribution in [-0.4, -0.2) is 0 Å². The van der Waals surface area contributed by atoms with Gasteiger partial charge in [0.25, 0.3) is 0 Å². The summed E-state index contributed by atoms with van der Waals surface area (Å²) in [6.45, 7) is 8.06. The number of anilines is 5. The molecular weight excluding hydrogens is 593 g/mol. The maximum atomic E-state index is 3.82. The summed E-state index contributed by atoms with van der Waals surface area (Å²) in [7, 11) is 0. The van der Waals surface area contributed by atoms with Gasteiger partial charge in [-0.05, 0) is 103 Å². The minimum atomic E-state index is 0.865. The molecule has 0 radical (unpaired) electrons. The van der Waals surface area contributed by atoms with E-state index in [9.17, 15) is 0 Å². The first kappa shape index (κ1) is 32.8. The molecule has 0 unspecified atom stereocenters. The van der Waals surface area contributed by atoms with Crippen LogP contribution in [-0.2, 0) is 6.42 Å². The largest absolute Gasteiger partial charge is 0.317 e. The van der Waals surface area contributed by atoms with Gasteiger partial charge in [0, 0.05) is 34.3 Å². The smallest absolute Gasteiger partial charge is 0.0533 e. The Morgan fingerprint density at radius 2 is 1.16 bits per heavy atom. The molecule has 2 heteroatoms. The fourth-order valence-electron chi connectivity index (χ4n) is 6.15. The predicted octanol–water partition coefficient (Wildman–Crippen LogP) is 13.4. The maximum Gasteiger partial charge on any atom is 0.0533 e. The van der Waals surface area contributed by atoms with E-state index in [0.717, 1.165) is 29.2 Å². The third kappa shape index (κ3) is 7.72. The standard InChI is InChI=1S/C47H42N2/c1-4-6-8-9-16-36-48(47-27-18-22-41-20-14-15-25-45(41)47)42-32-28-39(29-33-42)40-30-34-44(35-31-40)49(43-23-12-10-13-24-43)46-26-17-21-38(37(46)3)19-11-7-5-2/h4-18,20-36H,2,19H2,1,3H3/b6-4-,9-8-,11-7-,36-16+. The van der Waals surface area contributed by atoms with Crippen molar-refractivity contribution in [1.29, 1.82) is 0 Å². The minimum absolute atomic E-state index is 0.865. The van der Waals surface area contributed by atoms with Gasteiger partial charge in [0.15, 0.2) is 0 Å². The lowest BCUT2D eigenvalue weighted by atomic mass is 10.0. The van der Waals surface area contributed by atoms with Crippen molar-refractivity contribution in [3.8, 4) is 11.1 Å². The average molecular weight is 635 g/mol. The van der Waals surface area contributed by atoms with E-state index < -0.39 is 0 Å². The van der Waals surface area contributed by atoms with Gasteiger partial charge in [-0.2, -0.15) is 0 Å². The van der Waals surface area contributed by atoms with Crippen molar-refractivity contribution in [3.63, 3.8) is 0 Å². The van der Waals surface area contributed by atoms with Crippen molar-refractivity contribution in [2.24, 2.45) is 0 Å². The molecule has 0 atom stereocenters. The van der Waals surface area contributed by atoms with E-state index in [-0.39, 0.29) is 0 Å². The fourth-order valence-corrected chi connectivity index (χ4v) is 6.15. The Morgan fingerprint density at radius 1 is 0.551 bits per heavy atom. The zero-order chi connectivity index (χ0) is 33.8. The second-order valence-corrected chi connectivity index (χ2v) is 11.8. The van der Waals surface area contributed by atoms with Gasteiger partial charge in [-0.15, -0.1) is 0 Å². The average Bonchev–Trinajstić information content (AvgIpc) is 3.15. The molecule has 0 fully saturated rings. The first-order valence-corrected chi connectivity index (χ1v) is 16.8. The molecule has 0 amide bonds. The topological polar surface area (TPSA) is 6.48 Å². The van der Waals surface area contributed by atoms with E-state index in [1.165, 1.54) is 38.7 Å². The highest BCUT2D eigenvalue weighted by Crippen LogP contribution is 2.39. The molecule has 0 saturated heterocycles. The van der Waals surface area contributed by atoms with Crippen LogP contribution in [0.4, 0.5) is 28.4 Å². The highest BCUT2D eigenvalue weighted by molar-refractivity contribution is 5.96. The van der Waals surface area contributed by atoms with Crippen LogP contribution in [0.25, 0.3) is 21.9 Å². The second-order valence-electron chi connectivity index (χ2n) is 11.8. The molecule has 0 aliphatic carbocycles. The van der Waals surface area contributed by atoms with Crippen LogP contribution >= 0.6 is 0 Å². The summed E-state index contributed by atoms with van der Waals surface area (Å²) in [4.78, 5) is 4.61. The monoisotopic (exact) mass is 634 g/mol. The molecular formula is C47H42N2. The van der Waals surface area contributed by atoms with Gasteiger partial charge in [-0.3, -0.25) is 0 Å². The molecule has 6 aromatic carbocycles. The third-order valence-electron chi connectivity index (χ3n) is 8.67. The second kappa shape index (κ2) is 16.1. The Morgan fingerprint density at radius 3 is 1.90 bits per heavy atom. The number of benzene rings is 6. The fraction of sp³-hybridized carbons (Fsp3) is 0.0638. The number of nitrogens with zero attached hydrogens (tertiary/aromatic N) is 2. The lowest BCUT2D eigenvalue weighted by Crippen LogP contribution is -2.12. The lowest BCUT2D eigenvalue weighted by Gasteiger charge is -2.28. The molecule has 6 rings (SSSR count). The zero-order valence-corrected chi connectivity index (χ0v) is 28.3. The summed E-state index contributed by atoms with van der Waals surface area (Å²) in [5.41, 5.74) is 10.6. The molecule has 6 aromatic rings. The molecule has 49 heavy (non-hydrogen) atoms.